The lowest BCUT2D eigenvalue weighted by Gasteiger charge is -2.20. The van der Waals surface area contributed by atoms with E-state index in [2.05, 4.69) is 20.3 Å². The quantitative estimate of drug-likeness (QED) is 0.290. The van der Waals surface area contributed by atoms with Gasteiger partial charge >= 0.3 is 0 Å². The number of sulfonamides is 1. The van der Waals surface area contributed by atoms with Crippen LogP contribution in [-0.4, -0.2) is 51.9 Å². The van der Waals surface area contributed by atoms with Crippen molar-refractivity contribution in [2.45, 2.75) is 25.9 Å². The number of hydrogen-bond acceptors (Lipinski definition) is 5. The first-order chi connectivity index (χ1) is 10.7. The number of hydrogen-bond donors (Lipinski definition) is 4. The molecule has 1 heterocycles. The Kier molecular flexibility index (Phi) is 7.97. The van der Waals surface area contributed by atoms with E-state index in [-0.39, 0.29) is 6.54 Å². The van der Waals surface area contributed by atoms with E-state index in [9.17, 15) is 13.5 Å². The summed E-state index contributed by atoms with van der Waals surface area (Å²) in [6, 6.07) is 3.79. The number of thiophene rings is 1. The molecule has 0 spiro atoms. The first kappa shape index (κ1) is 19.9. The van der Waals surface area contributed by atoms with E-state index in [1.807, 2.05) is 24.4 Å². The fraction of sp³-hybridized carbons (Fsp3) is 0.643. The summed E-state index contributed by atoms with van der Waals surface area (Å²) >= 11 is 1.50. The molecule has 0 saturated heterocycles. The van der Waals surface area contributed by atoms with Crippen LogP contribution in [0, 0.1) is 0 Å². The molecule has 0 aliphatic heterocycles. The van der Waals surface area contributed by atoms with Crippen LogP contribution in [-0.2, 0) is 15.6 Å². The van der Waals surface area contributed by atoms with Crippen molar-refractivity contribution in [2.75, 3.05) is 32.4 Å². The molecule has 9 heteroatoms. The smallest absolute Gasteiger partial charge is 0.208 e. The lowest BCUT2D eigenvalue weighted by atomic mass is 10.1. The molecule has 0 aliphatic carbocycles. The molecular weight excluding hydrogens is 336 g/mol. The molecule has 0 bridgehead atoms. The van der Waals surface area contributed by atoms with Gasteiger partial charge in [-0.3, -0.25) is 0 Å². The normalized spacial score (nSPS) is 15.2. The molecule has 1 aromatic rings. The molecule has 0 radical (unpaired) electrons. The van der Waals surface area contributed by atoms with Crippen molar-refractivity contribution < 1.29 is 13.5 Å². The van der Waals surface area contributed by atoms with Crippen LogP contribution in [0.1, 0.15) is 25.1 Å². The summed E-state index contributed by atoms with van der Waals surface area (Å²) in [6.45, 7) is 5.59. The van der Waals surface area contributed by atoms with Gasteiger partial charge in [0, 0.05) is 24.5 Å². The Hall–Kier alpha value is -1.16. The molecule has 132 valence electrons. The van der Waals surface area contributed by atoms with Crippen LogP contribution in [0.3, 0.4) is 0 Å². The molecule has 1 rings (SSSR count). The van der Waals surface area contributed by atoms with Crippen molar-refractivity contribution in [1.29, 1.82) is 0 Å². The molecule has 1 unspecified atom stereocenters. The molecular formula is C14H26N4O3S2. The SMILES string of the molecule is CCNC(=NCC(C)(O)c1cccs1)NCCCNS(C)(=O)=O. The lowest BCUT2D eigenvalue weighted by molar-refractivity contribution is 0.0711. The lowest BCUT2D eigenvalue weighted by Crippen LogP contribution is -2.40. The zero-order chi connectivity index (χ0) is 17.3. The Balaban J connectivity index is 2.47. The number of nitrogens with one attached hydrogen (secondary N) is 3. The van der Waals surface area contributed by atoms with Gasteiger partial charge in [-0.25, -0.2) is 18.1 Å². The summed E-state index contributed by atoms with van der Waals surface area (Å²) in [6.07, 6.45) is 1.78. The second-order valence-corrected chi connectivity index (χ2v) is 8.17. The molecule has 0 aromatic carbocycles. The van der Waals surface area contributed by atoms with Crippen LogP contribution < -0.4 is 15.4 Å². The molecule has 0 saturated carbocycles. The zero-order valence-electron chi connectivity index (χ0n) is 13.8. The third-order valence-electron chi connectivity index (χ3n) is 2.95. The third kappa shape index (κ3) is 8.31. The maximum atomic E-state index is 11.0. The standard InChI is InChI=1S/C14H26N4O3S2/c1-4-15-13(16-8-6-9-18-23(3,20)21)17-11-14(2,19)12-7-5-10-22-12/h5,7,10,18-19H,4,6,8-9,11H2,1-3H3,(H2,15,16,17). The van der Waals surface area contributed by atoms with E-state index in [0.29, 0.717) is 32.0 Å². The van der Waals surface area contributed by atoms with Crippen molar-refractivity contribution in [1.82, 2.24) is 15.4 Å². The van der Waals surface area contributed by atoms with Crippen molar-refractivity contribution in [3.8, 4) is 0 Å². The minimum atomic E-state index is -3.15. The second kappa shape index (κ2) is 9.21. The van der Waals surface area contributed by atoms with Gasteiger partial charge in [0.15, 0.2) is 5.96 Å². The van der Waals surface area contributed by atoms with Crippen LogP contribution >= 0.6 is 11.3 Å². The van der Waals surface area contributed by atoms with Gasteiger partial charge in [0.05, 0.1) is 12.8 Å². The van der Waals surface area contributed by atoms with E-state index in [0.717, 1.165) is 11.1 Å². The van der Waals surface area contributed by atoms with Gasteiger partial charge in [-0.2, -0.15) is 0 Å². The van der Waals surface area contributed by atoms with Gasteiger partial charge in [-0.05, 0) is 31.7 Å². The molecule has 23 heavy (non-hydrogen) atoms. The highest BCUT2D eigenvalue weighted by Crippen LogP contribution is 2.25. The maximum absolute atomic E-state index is 11.0. The highest BCUT2D eigenvalue weighted by atomic mass is 32.2. The monoisotopic (exact) mass is 362 g/mol. The summed E-state index contributed by atoms with van der Waals surface area (Å²) in [5, 5.41) is 18.6. The van der Waals surface area contributed by atoms with E-state index in [1.165, 1.54) is 11.3 Å². The highest BCUT2D eigenvalue weighted by Gasteiger charge is 2.23. The maximum Gasteiger partial charge on any atom is 0.208 e. The number of nitrogens with zero attached hydrogens (tertiary/aromatic N) is 1. The largest absolute Gasteiger partial charge is 0.383 e. The van der Waals surface area contributed by atoms with Crippen molar-refractivity contribution in [2.24, 2.45) is 4.99 Å². The van der Waals surface area contributed by atoms with Crippen LogP contribution in [0.15, 0.2) is 22.5 Å². The van der Waals surface area contributed by atoms with Gasteiger partial charge < -0.3 is 15.7 Å². The molecule has 4 N–H and O–H groups in total. The van der Waals surface area contributed by atoms with Crippen LogP contribution in [0.4, 0.5) is 0 Å². The Morgan fingerprint density at radius 1 is 1.39 bits per heavy atom. The molecule has 1 atom stereocenters. The predicted octanol–water partition coefficient (Wildman–Crippen LogP) is 0.450. The van der Waals surface area contributed by atoms with Crippen molar-refractivity contribution >= 4 is 27.3 Å². The fourth-order valence-corrected chi connectivity index (χ4v) is 3.08. The van der Waals surface area contributed by atoms with Crippen molar-refractivity contribution in [3.05, 3.63) is 22.4 Å². The molecule has 0 amide bonds. The summed E-state index contributed by atoms with van der Waals surface area (Å²) in [5.41, 5.74) is -1.01. The second-order valence-electron chi connectivity index (χ2n) is 5.39. The Morgan fingerprint density at radius 2 is 2.13 bits per heavy atom. The predicted molar refractivity (Wildman–Crippen MR) is 95.3 cm³/mol. The fourth-order valence-electron chi connectivity index (χ4n) is 1.79. The van der Waals surface area contributed by atoms with E-state index in [1.54, 1.807) is 6.92 Å². The Bertz CT molecular complexity index is 583. The van der Waals surface area contributed by atoms with Gasteiger partial charge in [-0.1, -0.05) is 6.07 Å². The summed E-state index contributed by atoms with van der Waals surface area (Å²) in [5.74, 6) is 0.601. The molecule has 0 aliphatic rings. The summed E-state index contributed by atoms with van der Waals surface area (Å²) in [7, 11) is -3.15. The van der Waals surface area contributed by atoms with E-state index >= 15 is 0 Å². The van der Waals surface area contributed by atoms with Crippen LogP contribution in [0.25, 0.3) is 0 Å². The van der Waals surface area contributed by atoms with Gasteiger partial charge in [0.1, 0.15) is 5.60 Å². The number of aliphatic hydroxyl groups is 1. The van der Waals surface area contributed by atoms with Gasteiger partial charge in [0.25, 0.3) is 0 Å². The number of aliphatic imine (C=N–C) groups is 1. The average molecular weight is 363 g/mol. The summed E-state index contributed by atoms with van der Waals surface area (Å²) < 4.78 is 24.4. The van der Waals surface area contributed by atoms with Crippen LogP contribution in [0.2, 0.25) is 0 Å². The highest BCUT2D eigenvalue weighted by molar-refractivity contribution is 7.88. The minimum absolute atomic E-state index is 0.241. The van der Waals surface area contributed by atoms with Gasteiger partial charge in [0.2, 0.25) is 10.0 Å². The zero-order valence-corrected chi connectivity index (χ0v) is 15.4. The first-order valence-corrected chi connectivity index (χ1v) is 10.2. The van der Waals surface area contributed by atoms with Crippen LogP contribution in [0.5, 0.6) is 0 Å². The Labute approximate surface area is 142 Å². The van der Waals surface area contributed by atoms with Gasteiger partial charge in [-0.15, -0.1) is 11.3 Å². The number of rotatable bonds is 9. The molecule has 1 aromatic heterocycles. The topological polar surface area (TPSA) is 103 Å². The number of guanidine groups is 1. The average Bonchev–Trinajstić information content (AvgIpc) is 2.98. The first-order valence-electron chi connectivity index (χ1n) is 7.48. The Morgan fingerprint density at radius 3 is 2.70 bits per heavy atom. The van der Waals surface area contributed by atoms with E-state index in [4.69, 9.17) is 0 Å². The minimum Gasteiger partial charge on any atom is -0.383 e. The molecule has 7 nitrogen and oxygen atoms in total. The van der Waals surface area contributed by atoms with E-state index < -0.39 is 15.6 Å². The third-order valence-corrected chi connectivity index (χ3v) is 4.80. The van der Waals surface area contributed by atoms with Crippen molar-refractivity contribution in [3.63, 3.8) is 0 Å². The molecule has 0 fully saturated rings. The summed E-state index contributed by atoms with van der Waals surface area (Å²) in [4.78, 5) is 5.27.